The fraction of sp³-hybridized carbons (Fsp3) is 0. The van der Waals surface area contributed by atoms with Crippen molar-refractivity contribution in [3.63, 3.8) is 0 Å². The van der Waals surface area contributed by atoms with Gasteiger partial charge in [-0.2, -0.15) is 0 Å². The summed E-state index contributed by atoms with van der Waals surface area (Å²) in [5.74, 6) is -1.07. The van der Waals surface area contributed by atoms with Gasteiger partial charge in [-0.15, -0.1) is 0 Å². The molecule has 0 atom stereocenters. The summed E-state index contributed by atoms with van der Waals surface area (Å²) in [5.41, 5.74) is 2.05. The van der Waals surface area contributed by atoms with Crippen LogP contribution >= 0.6 is 11.6 Å². The molecule has 2 aromatic heterocycles. The summed E-state index contributed by atoms with van der Waals surface area (Å²) < 4.78 is 26.5. The summed E-state index contributed by atoms with van der Waals surface area (Å²) in [6.45, 7) is 0. The summed E-state index contributed by atoms with van der Waals surface area (Å²) in [7, 11) is 0. The van der Waals surface area contributed by atoms with Crippen molar-refractivity contribution in [3.05, 3.63) is 95.4 Å². The fourth-order valence-corrected chi connectivity index (χ4v) is 3.01. The van der Waals surface area contributed by atoms with Gasteiger partial charge in [0.1, 0.15) is 11.6 Å². The molecule has 0 unspecified atom stereocenters. The first-order valence-corrected chi connectivity index (χ1v) is 9.19. The molecule has 0 saturated carbocycles. The number of amides is 1. The van der Waals surface area contributed by atoms with Gasteiger partial charge in [-0.3, -0.25) is 9.78 Å². The van der Waals surface area contributed by atoms with E-state index in [9.17, 15) is 13.6 Å². The molecule has 0 fully saturated rings. The van der Waals surface area contributed by atoms with Crippen LogP contribution in [0.4, 0.5) is 14.5 Å². The molecule has 30 heavy (non-hydrogen) atoms. The molecular formula is C22H13ClF2N4O. The van der Waals surface area contributed by atoms with E-state index < -0.39 is 11.7 Å². The maximum absolute atomic E-state index is 13.3. The highest BCUT2D eigenvalue weighted by Crippen LogP contribution is 2.27. The van der Waals surface area contributed by atoms with Gasteiger partial charge in [-0.25, -0.2) is 18.7 Å². The standard InChI is InChI=1S/C22H13ClF2N4O/c23-18-11-16(25)5-6-19(18)28-22(30)17-12-27-21(14-1-3-15(24)4-2-14)29-20(17)13-7-9-26-10-8-13/h1-12H,(H,28,30). The predicted molar refractivity (Wildman–Crippen MR) is 110 cm³/mol. The molecule has 4 rings (SSSR count). The molecule has 0 spiro atoms. The Kier molecular flexibility index (Phi) is 5.45. The van der Waals surface area contributed by atoms with Crippen molar-refractivity contribution in [1.82, 2.24) is 15.0 Å². The number of pyridine rings is 1. The van der Waals surface area contributed by atoms with Crippen LogP contribution in [0.1, 0.15) is 10.4 Å². The lowest BCUT2D eigenvalue weighted by molar-refractivity contribution is 0.102. The molecule has 1 amide bonds. The molecule has 0 aliphatic heterocycles. The van der Waals surface area contributed by atoms with Crippen LogP contribution in [-0.2, 0) is 0 Å². The Morgan fingerprint density at radius 2 is 1.60 bits per heavy atom. The quantitative estimate of drug-likeness (QED) is 0.479. The Balaban J connectivity index is 1.76. The molecular weight excluding hydrogens is 410 g/mol. The van der Waals surface area contributed by atoms with Crippen molar-refractivity contribution in [3.8, 4) is 22.6 Å². The van der Waals surface area contributed by atoms with E-state index in [4.69, 9.17) is 11.6 Å². The van der Waals surface area contributed by atoms with E-state index in [1.807, 2.05) is 0 Å². The lowest BCUT2D eigenvalue weighted by Gasteiger charge is -2.12. The highest BCUT2D eigenvalue weighted by Gasteiger charge is 2.18. The molecule has 0 aliphatic carbocycles. The van der Waals surface area contributed by atoms with Crippen LogP contribution < -0.4 is 5.32 Å². The maximum Gasteiger partial charge on any atom is 0.259 e. The minimum absolute atomic E-state index is 0.0673. The maximum atomic E-state index is 13.3. The second kappa shape index (κ2) is 8.34. The van der Waals surface area contributed by atoms with Crippen LogP contribution in [0.25, 0.3) is 22.6 Å². The molecule has 5 nitrogen and oxygen atoms in total. The van der Waals surface area contributed by atoms with Crippen LogP contribution in [-0.4, -0.2) is 20.9 Å². The fourth-order valence-electron chi connectivity index (χ4n) is 2.80. The van der Waals surface area contributed by atoms with Gasteiger partial charge in [0, 0.05) is 29.7 Å². The molecule has 2 heterocycles. The zero-order valence-electron chi connectivity index (χ0n) is 15.3. The monoisotopic (exact) mass is 422 g/mol. The Bertz CT molecular complexity index is 1220. The second-order valence-corrected chi connectivity index (χ2v) is 6.68. The number of benzene rings is 2. The Morgan fingerprint density at radius 3 is 2.30 bits per heavy atom. The molecule has 2 aromatic carbocycles. The number of rotatable bonds is 4. The molecule has 148 valence electrons. The van der Waals surface area contributed by atoms with Gasteiger partial charge in [0.25, 0.3) is 5.91 Å². The van der Waals surface area contributed by atoms with E-state index in [1.165, 1.54) is 30.5 Å². The molecule has 0 radical (unpaired) electrons. The van der Waals surface area contributed by atoms with E-state index in [1.54, 1.807) is 36.7 Å². The number of aromatic nitrogens is 3. The molecule has 1 N–H and O–H groups in total. The van der Waals surface area contributed by atoms with E-state index in [2.05, 4.69) is 20.3 Å². The predicted octanol–water partition coefficient (Wildman–Crippen LogP) is 5.39. The van der Waals surface area contributed by atoms with Gasteiger partial charge >= 0.3 is 0 Å². The number of anilines is 1. The van der Waals surface area contributed by atoms with Gasteiger partial charge in [-0.05, 0) is 54.6 Å². The number of hydrogen-bond donors (Lipinski definition) is 1. The van der Waals surface area contributed by atoms with Crippen molar-refractivity contribution >= 4 is 23.2 Å². The van der Waals surface area contributed by atoms with Crippen LogP contribution in [0, 0.1) is 11.6 Å². The van der Waals surface area contributed by atoms with Crippen molar-refractivity contribution in [2.75, 3.05) is 5.32 Å². The van der Waals surface area contributed by atoms with E-state index in [-0.39, 0.29) is 22.1 Å². The Morgan fingerprint density at radius 1 is 0.900 bits per heavy atom. The SMILES string of the molecule is O=C(Nc1ccc(F)cc1Cl)c1cnc(-c2ccc(F)cc2)nc1-c1ccncc1. The first-order valence-electron chi connectivity index (χ1n) is 8.81. The van der Waals surface area contributed by atoms with E-state index in [0.717, 1.165) is 6.07 Å². The topological polar surface area (TPSA) is 67.8 Å². The van der Waals surface area contributed by atoms with E-state index >= 15 is 0 Å². The molecule has 0 aliphatic rings. The van der Waals surface area contributed by atoms with Gasteiger partial charge in [0.2, 0.25) is 0 Å². The normalized spacial score (nSPS) is 10.6. The van der Waals surface area contributed by atoms with E-state index in [0.29, 0.717) is 22.6 Å². The van der Waals surface area contributed by atoms with Gasteiger partial charge in [0.05, 0.1) is 22.0 Å². The van der Waals surface area contributed by atoms with Crippen molar-refractivity contribution < 1.29 is 13.6 Å². The van der Waals surface area contributed by atoms with Crippen molar-refractivity contribution in [2.45, 2.75) is 0 Å². The summed E-state index contributed by atoms with van der Waals surface area (Å²) in [6.07, 6.45) is 4.54. The number of nitrogens with one attached hydrogen (secondary N) is 1. The van der Waals surface area contributed by atoms with Crippen molar-refractivity contribution in [1.29, 1.82) is 0 Å². The van der Waals surface area contributed by atoms with Crippen molar-refractivity contribution in [2.24, 2.45) is 0 Å². The molecule has 0 saturated heterocycles. The second-order valence-electron chi connectivity index (χ2n) is 6.28. The van der Waals surface area contributed by atoms with Crippen LogP contribution in [0.15, 0.2) is 73.2 Å². The summed E-state index contributed by atoms with van der Waals surface area (Å²) in [6, 6.07) is 12.8. The summed E-state index contributed by atoms with van der Waals surface area (Å²) >= 11 is 6.01. The zero-order valence-corrected chi connectivity index (χ0v) is 16.1. The number of carbonyl (C=O) groups is 1. The summed E-state index contributed by atoms with van der Waals surface area (Å²) in [5, 5.41) is 2.72. The number of halogens is 3. The first kappa shape index (κ1) is 19.6. The average Bonchev–Trinajstić information content (AvgIpc) is 2.76. The van der Waals surface area contributed by atoms with Gasteiger partial charge in [-0.1, -0.05) is 11.6 Å². The largest absolute Gasteiger partial charge is 0.321 e. The van der Waals surface area contributed by atoms with Gasteiger partial charge in [0.15, 0.2) is 5.82 Å². The Labute approximate surface area is 175 Å². The number of carbonyl (C=O) groups excluding carboxylic acids is 1. The highest BCUT2D eigenvalue weighted by molar-refractivity contribution is 6.34. The summed E-state index contributed by atoms with van der Waals surface area (Å²) in [4.78, 5) is 25.7. The van der Waals surface area contributed by atoms with Crippen LogP contribution in [0.3, 0.4) is 0 Å². The molecule has 4 aromatic rings. The smallest absolute Gasteiger partial charge is 0.259 e. The Hall–Kier alpha value is -3.71. The van der Waals surface area contributed by atoms with Gasteiger partial charge < -0.3 is 5.32 Å². The van der Waals surface area contributed by atoms with Crippen LogP contribution in [0.5, 0.6) is 0 Å². The average molecular weight is 423 g/mol. The number of nitrogens with zero attached hydrogens (tertiary/aromatic N) is 3. The highest BCUT2D eigenvalue weighted by atomic mass is 35.5. The third-order valence-electron chi connectivity index (χ3n) is 4.27. The lowest BCUT2D eigenvalue weighted by Crippen LogP contribution is -2.15. The zero-order chi connectivity index (χ0) is 21.1. The molecule has 0 bridgehead atoms. The lowest BCUT2D eigenvalue weighted by atomic mass is 10.1. The third kappa shape index (κ3) is 4.16. The minimum atomic E-state index is -0.513. The minimum Gasteiger partial charge on any atom is -0.321 e. The number of hydrogen-bond acceptors (Lipinski definition) is 4. The van der Waals surface area contributed by atoms with Crippen LogP contribution in [0.2, 0.25) is 5.02 Å². The first-order chi connectivity index (χ1) is 14.5. The third-order valence-corrected chi connectivity index (χ3v) is 4.58. The molecule has 8 heteroatoms.